The number of carbonyl (C=O) groups is 1. The van der Waals surface area contributed by atoms with E-state index in [9.17, 15) is 4.79 Å². The molecule has 1 N–H and O–H groups in total. The van der Waals surface area contributed by atoms with Crippen molar-refractivity contribution in [2.24, 2.45) is 0 Å². The summed E-state index contributed by atoms with van der Waals surface area (Å²) in [4.78, 5) is 14.4. The number of hydrogen-bond acceptors (Lipinski definition) is 5. The molecule has 0 radical (unpaired) electrons. The molecule has 2 aromatic rings. The second kappa shape index (κ2) is 7.44. The minimum absolute atomic E-state index is 0.114. The van der Waals surface area contributed by atoms with Gasteiger partial charge in [-0.15, -0.1) is 10.2 Å². The average molecular weight is 330 g/mol. The summed E-state index contributed by atoms with van der Waals surface area (Å²) in [5.74, 6) is 0.885. The predicted molar refractivity (Wildman–Crippen MR) is 89.7 cm³/mol. The molecule has 7 heteroatoms. The number of anilines is 1. The zero-order valence-electron chi connectivity index (χ0n) is 14.0. The first-order chi connectivity index (χ1) is 11.7. The van der Waals surface area contributed by atoms with Crippen molar-refractivity contribution in [3.8, 4) is 11.5 Å². The Balaban J connectivity index is 1.73. The number of amides is 2. The van der Waals surface area contributed by atoms with Crippen LogP contribution in [0.5, 0.6) is 0 Å². The Kier molecular flexibility index (Phi) is 5.10. The van der Waals surface area contributed by atoms with Crippen LogP contribution in [0.3, 0.4) is 0 Å². The SMILES string of the molecule is CCOC1CCCN(C(=O)Nc2ccccc2-c2nnc(C)o2)C1. The number of rotatable bonds is 4. The summed E-state index contributed by atoms with van der Waals surface area (Å²) in [5.41, 5.74) is 1.37. The normalized spacial score (nSPS) is 17.8. The summed E-state index contributed by atoms with van der Waals surface area (Å²) in [6.07, 6.45) is 2.06. The molecule has 1 aromatic carbocycles. The standard InChI is InChI=1S/C17H22N4O3/c1-3-23-13-7-6-10-21(11-13)17(22)18-15-9-5-4-8-14(15)16-20-19-12(2)24-16/h4-5,8-9,13H,3,6-7,10-11H2,1-2H3,(H,18,22). The number of aryl methyl sites for hydroxylation is 1. The number of ether oxygens (including phenoxy) is 1. The van der Waals surface area contributed by atoms with Crippen LogP contribution in [0.15, 0.2) is 28.7 Å². The minimum atomic E-state index is -0.136. The highest BCUT2D eigenvalue weighted by Gasteiger charge is 2.24. The van der Waals surface area contributed by atoms with Gasteiger partial charge in [0.2, 0.25) is 11.8 Å². The quantitative estimate of drug-likeness (QED) is 0.932. The molecule has 1 aliphatic heterocycles. The van der Waals surface area contributed by atoms with Gasteiger partial charge in [0.25, 0.3) is 0 Å². The number of piperidine rings is 1. The van der Waals surface area contributed by atoms with Crippen molar-refractivity contribution in [1.29, 1.82) is 0 Å². The van der Waals surface area contributed by atoms with Gasteiger partial charge in [-0.25, -0.2) is 4.79 Å². The lowest BCUT2D eigenvalue weighted by Gasteiger charge is -2.32. The molecule has 2 heterocycles. The van der Waals surface area contributed by atoms with E-state index in [-0.39, 0.29) is 12.1 Å². The molecular formula is C17H22N4O3. The molecule has 2 amide bonds. The van der Waals surface area contributed by atoms with Gasteiger partial charge < -0.3 is 19.4 Å². The van der Waals surface area contributed by atoms with Gasteiger partial charge in [0, 0.05) is 26.6 Å². The van der Waals surface area contributed by atoms with Crippen LogP contribution in [-0.2, 0) is 4.74 Å². The minimum Gasteiger partial charge on any atom is -0.421 e. The topological polar surface area (TPSA) is 80.5 Å². The molecule has 24 heavy (non-hydrogen) atoms. The third-order valence-electron chi connectivity index (χ3n) is 3.99. The first-order valence-electron chi connectivity index (χ1n) is 8.24. The van der Waals surface area contributed by atoms with Crippen molar-refractivity contribution in [3.05, 3.63) is 30.2 Å². The van der Waals surface area contributed by atoms with Crippen molar-refractivity contribution in [1.82, 2.24) is 15.1 Å². The lowest BCUT2D eigenvalue weighted by atomic mass is 10.1. The zero-order valence-corrected chi connectivity index (χ0v) is 14.0. The lowest BCUT2D eigenvalue weighted by Crippen LogP contribution is -2.45. The Labute approximate surface area is 141 Å². The van der Waals surface area contributed by atoms with Crippen LogP contribution >= 0.6 is 0 Å². The van der Waals surface area contributed by atoms with Gasteiger partial charge in [-0.05, 0) is 31.9 Å². The van der Waals surface area contributed by atoms with Gasteiger partial charge in [-0.2, -0.15) is 0 Å². The number of aromatic nitrogens is 2. The summed E-state index contributed by atoms with van der Waals surface area (Å²) in [6, 6.07) is 7.28. The molecule has 0 saturated carbocycles. The molecule has 0 aliphatic carbocycles. The second-order valence-corrected chi connectivity index (χ2v) is 5.77. The van der Waals surface area contributed by atoms with Crippen molar-refractivity contribution in [2.45, 2.75) is 32.8 Å². The van der Waals surface area contributed by atoms with Crippen LogP contribution < -0.4 is 5.32 Å². The molecule has 128 valence electrons. The van der Waals surface area contributed by atoms with Gasteiger partial charge in [0.1, 0.15) is 0 Å². The van der Waals surface area contributed by atoms with E-state index in [1.165, 1.54) is 0 Å². The van der Waals surface area contributed by atoms with E-state index in [4.69, 9.17) is 9.15 Å². The van der Waals surface area contributed by atoms with Gasteiger partial charge in [-0.3, -0.25) is 0 Å². The van der Waals surface area contributed by atoms with E-state index < -0.39 is 0 Å². The number of nitrogens with zero attached hydrogens (tertiary/aromatic N) is 3. The first-order valence-corrected chi connectivity index (χ1v) is 8.24. The number of carbonyl (C=O) groups excluding carboxylic acids is 1. The smallest absolute Gasteiger partial charge is 0.321 e. The summed E-state index contributed by atoms with van der Waals surface area (Å²) in [7, 11) is 0. The Bertz CT molecular complexity index is 699. The van der Waals surface area contributed by atoms with Gasteiger partial charge in [-0.1, -0.05) is 12.1 Å². The number of hydrogen-bond donors (Lipinski definition) is 1. The Hall–Kier alpha value is -2.41. The summed E-state index contributed by atoms with van der Waals surface area (Å²) in [5, 5.41) is 10.8. The second-order valence-electron chi connectivity index (χ2n) is 5.77. The third-order valence-corrected chi connectivity index (χ3v) is 3.99. The molecule has 1 aromatic heterocycles. The van der Waals surface area contributed by atoms with Crippen LogP contribution in [0.4, 0.5) is 10.5 Å². The predicted octanol–water partition coefficient (Wildman–Crippen LogP) is 3.08. The molecule has 1 saturated heterocycles. The molecule has 1 fully saturated rings. The van der Waals surface area contributed by atoms with Crippen molar-refractivity contribution in [3.63, 3.8) is 0 Å². The molecule has 1 atom stereocenters. The third kappa shape index (κ3) is 3.73. The molecule has 0 spiro atoms. The van der Waals surface area contributed by atoms with Gasteiger partial charge in [0.05, 0.1) is 17.4 Å². The van der Waals surface area contributed by atoms with Crippen molar-refractivity contribution < 1.29 is 13.9 Å². The van der Waals surface area contributed by atoms with Gasteiger partial charge >= 0.3 is 6.03 Å². The van der Waals surface area contributed by atoms with E-state index in [0.717, 1.165) is 19.4 Å². The summed E-state index contributed by atoms with van der Waals surface area (Å²) >= 11 is 0. The fourth-order valence-corrected chi connectivity index (χ4v) is 2.87. The zero-order chi connectivity index (χ0) is 16.9. The highest BCUT2D eigenvalue weighted by atomic mass is 16.5. The average Bonchev–Trinajstić information content (AvgIpc) is 3.02. The van der Waals surface area contributed by atoms with E-state index in [1.807, 2.05) is 31.2 Å². The van der Waals surface area contributed by atoms with Crippen LogP contribution in [-0.4, -0.2) is 46.9 Å². The maximum absolute atomic E-state index is 12.6. The van der Waals surface area contributed by atoms with Crippen LogP contribution in [0.1, 0.15) is 25.7 Å². The van der Waals surface area contributed by atoms with Crippen LogP contribution in [0, 0.1) is 6.92 Å². The molecule has 1 unspecified atom stereocenters. The highest BCUT2D eigenvalue weighted by Crippen LogP contribution is 2.27. The molecular weight excluding hydrogens is 308 g/mol. The molecule has 0 bridgehead atoms. The van der Waals surface area contributed by atoms with Crippen molar-refractivity contribution >= 4 is 11.7 Å². The van der Waals surface area contributed by atoms with Crippen molar-refractivity contribution in [2.75, 3.05) is 25.0 Å². The fourth-order valence-electron chi connectivity index (χ4n) is 2.87. The number of likely N-dealkylation sites (tertiary alicyclic amines) is 1. The number of benzene rings is 1. The van der Waals surface area contributed by atoms with Crippen LogP contribution in [0.2, 0.25) is 0 Å². The Morgan fingerprint density at radius 3 is 3.00 bits per heavy atom. The maximum atomic E-state index is 12.6. The van der Waals surface area contributed by atoms with E-state index in [1.54, 1.807) is 11.8 Å². The van der Waals surface area contributed by atoms with E-state index >= 15 is 0 Å². The van der Waals surface area contributed by atoms with Gasteiger partial charge in [0.15, 0.2) is 0 Å². The highest BCUT2D eigenvalue weighted by molar-refractivity contribution is 5.93. The molecule has 7 nitrogen and oxygen atoms in total. The summed E-state index contributed by atoms with van der Waals surface area (Å²) in [6.45, 7) is 5.72. The summed E-state index contributed by atoms with van der Waals surface area (Å²) < 4.78 is 11.1. The first kappa shape index (κ1) is 16.4. The number of para-hydroxylation sites is 1. The Morgan fingerprint density at radius 2 is 2.25 bits per heavy atom. The lowest BCUT2D eigenvalue weighted by molar-refractivity contribution is 0.0181. The Morgan fingerprint density at radius 1 is 1.42 bits per heavy atom. The molecule has 3 rings (SSSR count). The number of urea groups is 1. The maximum Gasteiger partial charge on any atom is 0.321 e. The molecule has 1 aliphatic rings. The van der Waals surface area contributed by atoms with Crippen LogP contribution in [0.25, 0.3) is 11.5 Å². The number of nitrogens with one attached hydrogen (secondary N) is 1. The monoisotopic (exact) mass is 330 g/mol. The largest absolute Gasteiger partial charge is 0.421 e. The fraction of sp³-hybridized carbons (Fsp3) is 0.471. The van der Waals surface area contributed by atoms with E-state index in [2.05, 4.69) is 15.5 Å². The van der Waals surface area contributed by atoms with E-state index in [0.29, 0.717) is 36.2 Å².